The number of carboxylic acids is 2. The summed E-state index contributed by atoms with van der Waals surface area (Å²) in [6.07, 6.45) is 2.28. The molecular weight excluding hydrogens is 220 g/mol. The fourth-order valence-electron chi connectivity index (χ4n) is 0.580. The Kier molecular flexibility index (Phi) is 5.19. The summed E-state index contributed by atoms with van der Waals surface area (Å²) < 4.78 is 4.10. The zero-order chi connectivity index (χ0) is 12.7. The van der Waals surface area contributed by atoms with E-state index in [-0.39, 0.29) is 0 Å². The molecule has 1 heterocycles. The number of ether oxygens (including phenoxy) is 1. The van der Waals surface area contributed by atoms with Gasteiger partial charge in [0, 0.05) is 23.8 Å². The van der Waals surface area contributed by atoms with E-state index in [1.807, 2.05) is 0 Å². The van der Waals surface area contributed by atoms with Crippen LogP contribution in [0, 0.1) is 0 Å². The van der Waals surface area contributed by atoms with Gasteiger partial charge >= 0.3 is 23.9 Å². The molecule has 86 valence electrons. The van der Waals surface area contributed by atoms with Gasteiger partial charge in [0.2, 0.25) is 0 Å². The topological polar surface area (TPSA) is 118 Å². The molecule has 0 radical (unpaired) electrons. The van der Waals surface area contributed by atoms with Crippen molar-refractivity contribution in [2.75, 3.05) is 0 Å². The number of cyclic esters (lactones) is 2. The monoisotopic (exact) mass is 228 g/mol. The lowest BCUT2D eigenvalue weighted by Crippen LogP contribution is -1.99. The molecule has 0 aromatic heterocycles. The van der Waals surface area contributed by atoms with Crippen molar-refractivity contribution in [2.45, 2.75) is 6.92 Å². The first kappa shape index (κ1) is 13.6. The molecule has 1 aliphatic rings. The fourth-order valence-corrected chi connectivity index (χ4v) is 0.580. The molecule has 16 heavy (non-hydrogen) atoms. The molecule has 0 bridgehead atoms. The Morgan fingerprint density at radius 3 is 1.75 bits per heavy atom. The van der Waals surface area contributed by atoms with Gasteiger partial charge in [-0.25, -0.2) is 19.2 Å². The van der Waals surface area contributed by atoms with E-state index in [9.17, 15) is 19.2 Å². The van der Waals surface area contributed by atoms with Gasteiger partial charge in [0.1, 0.15) is 0 Å². The van der Waals surface area contributed by atoms with Crippen molar-refractivity contribution in [3.8, 4) is 0 Å². The highest BCUT2D eigenvalue weighted by molar-refractivity contribution is 6.08. The second-order valence-electron chi connectivity index (χ2n) is 2.55. The van der Waals surface area contributed by atoms with E-state index in [4.69, 9.17) is 10.2 Å². The predicted molar refractivity (Wildman–Crippen MR) is 49.3 cm³/mol. The van der Waals surface area contributed by atoms with E-state index in [1.165, 1.54) is 13.0 Å². The molecule has 0 aliphatic carbocycles. The maximum absolute atomic E-state index is 10.3. The van der Waals surface area contributed by atoms with E-state index in [0.29, 0.717) is 17.7 Å². The van der Waals surface area contributed by atoms with Gasteiger partial charge < -0.3 is 14.9 Å². The second kappa shape index (κ2) is 6.12. The van der Waals surface area contributed by atoms with Crippen LogP contribution in [0.2, 0.25) is 0 Å². The van der Waals surface area contributed by atoms with Crippen molar-refractivity contribution in [2.24, 2.45) is 0 Å². The Labute approximate surface area is 89.6 Å². The van der Waals surface area contributed by atoms with Crippen LogP contribution in [0.15, 0.2) is 23.8 Å². The van der Waals surface area contributed by atoms with E-state index in [1.54, 1.807) is 0 Å². The third-order valence-corrected chi connectivity index (χ3v) is 1.22. The Balaban J connectivity index is 0.000000281. The molecule has 7 nitrogen and oxygen atoms in total. The minimum Gasteiger partial charge on any atom is -0.478 e. The van der Waals surface area contributed by atoms with E-state index < -0.39 is 23.9 Å². The van der Waals surface area contributed by atoms with E-state index in [2.05, 4.69) is 4.74 Å². The summed E-state index contributed by atoms with van der Waals surface area (Å²) in [4.78, 5) is 39.5. The normalized spacial score (nSPS) is 13.9. The molecule has 0 atom stereocenters. The SMILES string of the molecule is CC1=CC(=O)OC1=O.O=C(O)/C=C/C(=O)O. The molecule has 0 fully saturated rings. The lowest BCUT2D eigenvalue weighted by molar-refractivity contribution is -0.150. The summed E-state index contributed by atoms with van der Waals surface area (Å²) >= 11 is 0. The molecule has 0 aromatic rings. The summed E-state index contributed by atoms with van der Waals surface area (Å²) in [6.45, 7) is 1.53. The number of hydrogen-bond acceptors (Lipinski definition) is 5. The van der Waals surface area contributed by atoms with Crippen LogP contribution in [0.5, 0.6) is 0 Å². The van der Waals surface area contributed by atoms with Gasteiger partial charge in [0.15, 0.2) is 0 Å². The van der Waals surface area contributed by atoms with Crippen LogP contribution >= 0.6 is 0 Å². The average Bonchev–Trinajstić information content (AvgIpc) is 2.42. The van der Waals surface area contributed by atoms with Crippen LogP contribution in [-0.4, -0.2) is 34.1 Å². The Hall–Kier alpha value is -2.44. The molecule has 0 saturated carbocycles. The third kappa shape index (κ3) is 6.08. The maximum atomic E-state index is 10.3. The van der Waals surface area contributed by atoms with Crippen molar-refractivity contribution in [3.63, 3.8) is 0 Å². The van der Waals surface area contributed by atoms with Gasteiger partial charge in [-0.1, -0.05) is 0 Å². The smallest absolute Gasteiger partial charge is 0.341 e. The molecule has 0 aromatic carbocycles. The number of aliphatic carboxylic acids is 2. The first-order valence-corrected chi connectivity index (χ1v) is 3.91. The lowest BCUT2D eigenvalue weighted by Gasteiger charge is -1.83. The Morgan fingerprint density at radius 1 is 1.19 bits per heavy atom. The van der Waals surface area contributed by atoms with Crippen LogP contribution in [0.4, 0.5) is 0 Å². The maximum Gasteiger partial charge on any atom is 0.341 e. The zero-order valence-corrected chi connectivity index (χ0v) is 8.17. The quantitative estimate of drug-likeness (QED) is 0.379. The van der Waals surface area contributed by atoms with E-state index in [0.717, 1.165) is 0 Å². The molecule has 0 amide bonds. The van der Waals surface area contributed by atoms with Gasteiger partial charge in [0.05, 0.1) is 0 Å². The number of rotatable bonds is 2. The van der Waals surface area contributed by atoms with Gasteiger partial charge in [-0.05, 0) is 6.92 Å². The van der Waals surface area contributed by atoms with Crippen LogP contribution in [0.1, 0.15) is 6.92 Å². The largest absolute Gasteiger partial charge is 0.478 e. The summed E-state index contributed by atoms with van der Waals surface area (Å²) in [7, 11) is 0. The Morgan fingerprint density at radius 2 is 1.62 bits per heavy atom. The molecule has 1 rings (SSSR count). The zero-order valence-electron chi connectivity index (χ0n) is 8.17. The number of esters is 2. The highest BCUT2D eigenvalue weighted by Gasteiger charge is 2.18. The Bertz CT molecular complexity index is 373. The van der Waals surface area contributed by atoms with Gasteiger partial charge in [-0.3, -0.25) is 0 Å². The molecular formula is C9H8O7. The van der Waals surface area contributed by atoms with Gasteiger partial charge in [0.25, 0.3) is 0 Å². The number of carbonyl (C=O) groups is 4. The van der Waals surface area contributed by atoms with Crippen molar-refractivity contribution in [1.82, 2.24) is 0 Å². The van der Waals surface area contributed by atoms with Crippen molar-refractivity contribution < 1.29 is 34.1 Å². The van der Waals surface area contributed by atoms with E-state index >= 15 is 0 Å². The van der Waals surface area contributed by atoms with Crippen LogP contribution in [0.3, 0.4) is 0 Å². The number of carboxylic acid groups (broad SMARTS) is 2. The van der Waals surface area contributed by atoms with Gasteiger partial charge in [-0.15, -0.1) is 0 Å². The highest BCUT2D eigenvalue weighted by atomic mass is 16.6. The molecule has 0 spiro atoms. The van der Waals surface area contributed by atoms with Crippen molar-refractivity contribution in [3.05, 3.63) is 23.8 Å². The first-order chi connectivity index (χ1) is 7.32. The standard InChI is InChI=1S/C5H4O3.C4H4O4/c1-3-2-4(6)8-5(3)7;5-3(6)1-2-4(7)8/h2H,1H3;1-2H,(H,5,6)(H,7,8)/b;2-1+. The average molecular weight is 228 g/mol. The van der Waals surface area contributed by atoms with Crippen LogP contribution in [-0.2, 0) is 23.9 Å². The fraction of sp³-hybridized carbons (Fsp3) is 0.111. The van der Waals surface area contributed by atoms with Crippen LogP contribution < -0.4 is 0 Å². The predicted octanol–water partition coefficient (Wildman–Crippen LogP) is -0.272. The van der Waals surface area contributed by atoms with Crippen molar-refractivity contribution >= 4 is 23.9 Å². The summed E-state index contributed by atoms with van der Waals surface area (Å²) in [5.41, 5.74) is 0.370. The molecule has 2 N–H and O–H groups in total. The first-order valence-electron chi connectivity index (χ1n) is 3.91. The second-order valence-corrected chi connectivity index (χ2v) is 2.55. The minimum absolute atomic E-state index is 0.370. The highest BCUT2D eigenvalue weighted by Crippen LogP contribution is 2.04. The van der Waals surface area contributed by atoms with Crippen molar-refractivity contribution in [1.29, 1.82) is 0 Å². The summed E-state index contributed by atoms with van der Waals surface area (Å²) in [5, 5.41) is 15.6. The van der Waals surface area contributed by atoms with Crippen LogP contribution in [0.25, 0.3) is 0 Å². The molecule has 0 unspecified atom stereocenters. The molecule has 1 aliphatic heterocycles. The molecule has 7 heteroatoms. The van der Waals surface area contributed by atoms with Gasteiger partial charge in [-0.2, -0.15) is 0 Å². The molecule has 0 saturated heterocycles. The third-order valence-electron chi connectivity index (χ3n) is 1.22. The lowest BCUT2D eigenvalue weighted by atomic mass is 10.3. The minimum atomic E-state index is -1.26. The number of carbonyl (C=O) groups excluding carboxylic acids is 2. The summed E-state index contributed by atoms with van der Waals surface area (Å²) in [5.74, 6) is -3.61. The number of hydrogen-bond donors (Lipinski definition) is 2. The summed E-state index contributed by atoms with van der Waals surface area (Å²) in [6, 6.07) is 0.